The minimum absolute atomic E-state index is 0.0561. The molecule has 1 N–H and O–H groups in total. The molecule has 0 atom stereocenters. The van der Waals surface area contributed by atoms with Gasteiger partial charge in [-0.3, -0.25) is 9.69 Å². The highest BCUT2D eigenvalue weighted by molar-refractivity contribution is 5.71. The molecule has 0 aliphatic carbocycles. The lowest BCUT2D eigenvalue weighted by Gasteiger charge is -2.19. The Kier molecular flexibility index (Phi) is 6.39. The first kappa shape index (κ1) is 14.7. The number of hydrogen-bond donors (Lipinski definition) is 1. The van der Waals surface area contributed by atoms with E-state index in [2.05, 4.69) is 0 Å². The molecule has 0 bridgehead atoms. The summed E-state index contributed by atoms with van der Waals surface area (Å²) in [5.74, 6) is -0.189. The van der Waals surface area contributed by atoms with Gasteiger partial charge in [-0.2, -0.15) is 0 Å². The van der Waals surface area contributed by atoms with Gasteiger partial charge in [-0.25, -0.2) is 0 Å². The number of nitrogens with zero attached hydrogens (tertiary/aromatic N) is 1. The van der Waals surface area contributed by atoms with Gasteiger partial charge in [0.15, 0.2) is 0 Å². The zero-order valence-corrected chi connectivity index (χ0v) is 11.1. The van der Waals surface area contributed by atoms with Crippen molar-refractivity contribution in [2.75, 3.05) is 19.7 Å². The van der Waals surface area contributed by atoms with E-state index in [0.717, 1.165) is 17.7 Å². The average molecular weight is 251 g/mol. The molecule has 4 nitrogen and oxygen atoms in total. The largest absolute Gasteiger partial charge is 0.465 e. The van der Waals surface area contributed by atoms with E-state index in [1.165, 1.54) is 0 Å². The van der Waals surface area contributed by atoms with E-state index >= 15 is 0 Å². The molecule has 0 radical (unpaired) electrons. The topological polar surface area (TPSA) is 49.8 Å². The summed E-state index contributed by atoms with van der Waals surface area (Å²) < 4.78 is 4.93. The summed E-state index contributed by atoms with van der Waals surface area (Å²) in [4.78, 5) is 13.4. The van der Waals surface area contributed by atoms with Crippen LogP contribution in [-0.4, -0.2) is 35.7 Å². The molecule has 0 aliphatic heterocycles. The van der Waals surface area contributed by atoms with Gasteiger partial charge in [0.25, 0.3) is 0 Å². The summed E-state index contributed by atoms with van der Waals surface area (Å²) in [6, 6.07) is 7.74. The number of aliphatic hydroxyl groups excluding tert-OH is 1. The summed E-state index contributed by atoms with van der Waals surface area (Å²) >= 11 is 0. The van der Waals surface area contributed by atoms with E-state index < -0.39 is 0 Å². The van der Waals surface area contributed by atoms with Crippen molar-refractivity contribution in [2.24, 2.45) is 0 Å². The van der Waals surface area contributed by atoms with Crippen LogP contribution in [0.4, 0.5) is 0 Å². The van der Waals surface area contributed by atoms with Gasteiger partial charge in [-0.05, 0) is 24.6 Å². The van der Waals surface area contributed by atoms with Gasteiger partial charge in [-0.1, -0.05) is 31.2 Å². The number of carbonyl (C=O) groups excluding carboxylic acids is 1. The zero-order valence-electron chi connectivity index (χ0n) is 11.1. The molecule has 18 heavy (non-hydrogen) atoms. The van der Waals surface area contributed by atoms with Crippen LogP contribution in [0.2, 0.25) is 0 Å². The summed E-state index contributed by atoms with van der Waals surface area (Å²) in [7, 11) is 0. The highest BCUT2D eigenvalue weighted by atomic mass is 16.5. The summed E-state index contributed by atoms with van der Waals surface area (Å²) in [5.41, 5.74) is 2.02. The Morgan fingerprint density at radius 3 is 2.33 bits per heavy atom. The second kappa shape index (κ2) is 7.84. The first-order valence-electron chi connectivity index (χ1n) is 6.26. The molecule has 0 aliphatic rings. The van der Waals surface area contributed by atoms with E-state index in [-0.39, 0.29) is 12.6 Å². The van der Waals surface area contributed by atoms with Crippen molar-refractivity contribution < 1.29 is 14.6 Å². The predicted octanol–water partition coefficient (Wildman–Crippen LogP) is 1.56. The summed E-state index contributed by atoms with van der Waals surface area (Å²) in [6.45, 7) is 6.11. The Labute approximate surface area is 108 Å². The van der Waals surface area contributed by atoms with Crippen molar-refractivity contribution in [3.8, 4) is 0 Å². The molecule has 4 heteroatoms. The van der Waals surface area contributed by atoms with E-state index in [4.69, 9.17) is 9.84 Å². The van der Waals surface area contributed by atoms with Crippen LogP contribution in [0.5, 0.6) is 0 Å². The van der Waals surface area contributed by atoms with Gasteiger partial charge in [0.1, 0.15) is 0 Å². The molecule has 0 amide bonds. The smallest absolute Gasteiger partial charge is 0.320 e. The van der Waals surface area contributed by atoms with Gasteiger partial charge in [-0.15, -0.1) is 0 Å². The van der Waals surface area contributed by atoms with Crippen molar-refractivity contribution in [2.45, 2.75) is 27.0 Å². The fourth-order valence-electron chi connectivity index (χ4n) is 1.68. The lowest BCUT2D eigenvalue weighted by atomic mass is 10.1. The minimum Gasteiger partial charge on any atom is -0.465 e. The molecule has 0 saturated carbocycles. The van der Waals surface area contributed by atoms with Gasteiger partial charge >= 0.3 is 5.97 Å². The molecule has 0 spiro atoms. The van der Waals surface area contributed by atoms with E-state index in [0.29, 0.717) is 19.7 Å². The van der Waals surface area contributed by atoms with Crippen molar-refractivity contribution >= 4 is 5.97 Å². The maximum Gasteiger partial charge on any atom is 0.320 e. The molecule has 1 aromatic carbocycles. The average Bonchev–Trinajstić information content (AvgIpc) is 2.39. The third-order valence-electron chi connectivity index (χ3n) is 2.72. The number of esters is 1. The number of rotatable bonds is 7. The molecule has 0 fully saturated rings. The zero-order chi connectivity index (χ0) is 13.4. The van der Waals surface area contributed by atoms with Crippen molar-refractivity contribution in [3.63, 3.8) is 0 Å². The Morgan fingerprint density at radius 1 is 1.22 bits per heavy atom. The van der Waals surface area contributed by atoms with Crippen LogP contribution < -0.4 is 0 Å². The quantitative estimate of drug-likeness (QED) is 0.747. The monoisotopic (exact) mass is 251 g/mol. The molecule has 1 aromatic rings. The first-order chi connectivity index (χ1) is 8.69. The van der Waals surface area contributed by atoms with Crippen molar-refractivity contribution in [3.05, 3.63) is 35.4 Å². The van der Waals surface area contributed by atoms with Crippen molar-refractivity contribution in [1.82, 2.24) is 4.90 Å². The fraction of sp³-hybridized carbons (Fsp3) is 0.500. The maximum atomic E-state index is 11.4. The Morgan fingerprint density at radius 2 is 1.83 bits per heavy atom. The molecule has 0 aromatic heterocycles. The summed E-state index contributed by atoms with van der Waals surface area (Å²) in [5, 5.41) is 8.96. The van der Waals surface area contributed by atoms with E-state index in [1.54, 1.807) is 0 Å². The van der Waals surface area contributed by atoms with Gasteiger partial charge in [0, 0.05) is 6.54 Å². The number of likely N-dealkylation sites (N-methyl/N-ethyl adjacent to an activating group) is 1. The van der Waals surface area contributed by atoms with Crippen LogP contribution in [-0.2, 0) is 22.7 Å². The third-order valence-corrected chi connectivity index (χ3v) is 2.72. The van der Waals surface area contributed by atoms with Crippen LogP contribution in [0.1, 0.15) is 25.0 Å². The molecule has 0 unspecified atom stereocenters. The molecular weight excluding hydrogens is 230 g/mol. The Balaban J connectivity index is 2.53. The number of ether oxygens (including phenoxy) is 1. The highest BCUT2D eigenvalue weighted by Crippen LogP contribution is 2.07. The van der Waals surface area contributed by atoms with Crippen LogP contribution in [0.3, 0.4) is 0 Å². The first-order valence-corrected chi connectivity index (χ1v) is 6.26. The SMILES string of the molecule is CCOC(=O)CN(CC)Cc1ccc(CO)cc1. The van der Waals surface area contributed by atoms with Crippen LogP contribution in [0, 0.1) is 0 Å². The standard InChI is InChI=1S/C14H21NO3/c1-3-15(10-14(17)18-4-2)9-12-5-7-13(11-16)8-6-12/h5-8,16H,3-4,9-11H2,1-2H3. The van der Waals surface area contributed by atoms with E-state index in [1.807, 2.05) is 43.0 Å². The second-order valence-electron chi connectivity index (χ2n) is 4.08. The second-order valence-corrected chi connectivity index (χ2v) is 4.08. The highest BCUT2D eigenvalue weighted by Gasteiger charge is 2.10. The van der Waals surface area contributed by atoms with Crippen LogP contribution in [0.15, 0.2) is 24.3 Å². The third kappa shape index (κ3) is 4.85. The molecular formula is C14H21NO3. The van der Waals surface area contributed by atoms with Gasteiger partial charge < -0.3 is 9.84 Å². The van der Waals surface area contributed by atoms with Gasteiger partial charge in [0.2, 0.25) is 0 Å². The molecule has 100 valence electrons. The normalized spacial score (nSPS) is 10.7. The fourth-order valence-corrected chi connectivity index (χ4v) is 1.68. The maximum absolute atomic E-state index is 11.4. The Bertz CT molecular complexity index is 362. The molecule has 1 rings (SSSR count). The van der Waals surface area contributed by atoms with Crippen LogP contribution in [0.25, 0.3) is 0 Å². The summed E-state index contributed by atoms with van der Waals surface area (Å²) in [6.07, 6.45) is 0. The van der Waals surface area contributed by atoms with Gasteiger partial charge in [0.05, 0.1) is 19.8 Å². The molecule has 0 heterocycles. The number of benzene rings is 1. The van der Waals surface area contributed by atoms with Crippen LogP contribution >= 0.6 is 0 Å². The number of carbonyl (C=O) groups is 1. The Hall–Kier alpha value is -1.39. The lowest BCUT2D eigenvalue weighted by molar-refractivity contribution is -0.144. The lowest BCUT2D eigenvalue weighted by Crippen LogP contribution is -2.30. The molecule has 0 saturated heterocycles. The predicted molar refractivity (Wildman–Crippen MR) is 69.9 cm³/mol. The van der Waals surface area contributed by atoms with E-state index in [9.17, 15) is 4.79 Å². The minimum atomic E-state index is -0.189. The number of hydrogen-bond acceptors (Lipinski definition) is 4. The van der Waals surface area contributed by atoms with Crippen molar-refractivity contribution in [1.29, 1.82) is 0 Å². The number of aliphatic hydroxyl groups is 1.